The molecule has 0 aliphatic heterocycles. The van der Waals surface area contributed by atoms with Crippen LogP contribution in [-0.2, 0) is 4.79 Å². The van der Waals surface area contributed by atoms with Crippen LogP contribution in [0, 0.1) is 5.92 Å². The summed E-state index contributed by atoms with van der Waals surface area (Å²) >= 11 is 0. The van der Waals surface area contributed by atoms with E-state index in [1.54, 1.807) is 0 Å². The van der Waals surface area contributed by atoms with E-state index in [1.807, 2.05) is 0 Å². The molecule has 13 heavy (non-hydrogen) atoms. The van der Waals surface area contributed by atoms with Gasteiger partial charge in [0.1, 0.15) is 0 Å². The Balaban J connectivity index is 2.56. The lowest BCUT2D eigenvalue weighted by Crippen LogP contribution is -2.35. The highest BCUT2D eigenvalue weighted by molar-refractivity contribution is 5.70. The van der Waals surface area contributed by atoms with Crippen LogP contribution in [0.15, 0.2) is 5.11 Å². The van der Waals surface area contributed by atoms with Crippen molar-refractivity contribution in [2.24, 2.45) is 11.0 Å². The number of aliphatic carboxylic acids is 1. The van der Waals surface area contributed by atoms with Crippen molar-refractivity contribution in [3.63, 3.8) is 0 Å². The number of aliphatic hydroxyl groups excluding tert-OH is 1. The molecule has 72 valence electrons. The third kappa shape index (κ3) is 2.34. The molecule has 6 nitrogen and oxygen atoms in total. The third-order valence-corrected chi connectivity index (χ3v) is 2.33. The van der Waals surface area contributed by atoms with Gasteiger partial charge in [-0.1, -0.05) is 5.11 Å². The molecular formula is C7H11N3O3. The van der Waals surface area contributed by atoms with Crippen LogP contribution in [0.3, 0.4) is 0 Å². The van der Waals surface area contributed by atoms with Gasteiger partial charge in [-0.05, 0) is 24.8 Å². The Morgan fingerprint density at radius 1 is 1.54 bits per heavy atom. The van der Waals surface area contributed by atoms with Gasteiger partial charge in [0.25, 0.3) is 0 Å². The molecule has 0 spiro atoms. The molecule has 0 aromatic heterocycles. The average molecular weight is 185 g/mol. The second-order valence-electron chi connectivity index (χ2n) is 3.19. The fourth-order valence-electron chi connectivity index (χ4n) is 1.56. The molecule has 0 radical (unpaired) electrons. The monoisotopic (exact) mass is 185 g/mol. The van der Waals surface area contributed by atoms with Gasteiger partial charge < -0.3 is 10.2 Å². The summed E-state index contributed by atoms with van der Waals surface area (Å²) in [5, 5.41) is 21.4. The van der Waals surface area contributed by atoms with E-state index < -0.39 is 24.0 Å². The Hall–Kier alpha value is -1.26. The molecule has 0 unspecified atom stereocenters. The van der Waals surface area contributed by atoms with Crippen molar-refractivity contribution in [3.8, 4) is 0 Å². The molecule has 3 atom stereocenters. The Morgan fingerprint density at radius 3 is 2.69 bits per heavy atom. The summed E-state index contributed by atoms with van der Waals surface area (Å²) in [7, 11) is 0. The SMILES string of the molecule is [N-]=[N+]=N[C@@H]1CC[C@@H](C(=O)O)C[C@H]1O. The minimum absolute atomic E-state index is 0.180. The zero-order chi connectivity index (χ0) is 9.84. The number of hydrogen-bond donors (Lipinski definition) is 2. The molecule has 1 aliphatic carbocycles. The van der Waals surface area contributed by atoms with Crippen LogP contribution in [-0.4, -0.2) is 28.3 Å². The highest BCUT2D eigenvalue weighted by Crippen LogP contribution is 2.26. The normalized spacial score (nSPS) is 33.5. The summed E-state index contributed by atoms with van der Waals surface area (Å²) in [5.41, 5.74) is 8.14. The highest BCUT2D eigenvalue weighted by atomic mass is 16.4. The maximum absolute atomic E-state index is 10.5. The number of rotatable bonds is 2. The minimum atomic E-state index is -0.890. The van der Waals surface area contributed by atoms with Gasteiger partial charge in [0, 0.05) is 4.91 Å². The fourth-order valence-corrected chi connectivity index (χ4v) is 1.56. The van der Waals surface area contributed by atoms with Gasteiger partial charge >= 0.3 is 5.97 Å². The second-order valence-corrected chi connectivity index (χ2v) is 3.19. The lowest BCUT2D eigenvalue weighted by atomic mass is 9.84. The molecule has 0 amide bonds. The van der Waals surface area contributed by atoms with Gasteiger partial charge in [-0.2, -0.15) is 0 Å². The molecule has 0 aromatic carbocycles. The van der Waals surface area contributed by atoms with E-state index in [9.17, 15) is 9.90 Å². The van der Waals surface area contributed by atoms with Crippen LogP contribution in [0.1, 0.15) is 19.3 Å². The molecule has 1 fully saturated rings. The average Bonchev–Trinajstić information content (AvgIpc) is 2.08. The van der Waals surface area contributed by atoms with Crippen molar-refractivity contribution in [2.75, 3.05) is 0 Å². The van der Waals surface area contributed by atoms with E-state index in [2.05, 4.69) is 10.0 Å². The Labute approximate surface area is 74.8 Å². The highest BCUT2D eigenvalue weighted by Gasteiger charge is 2.31. The largest absolute Gasteiger partial charge is 0.481 e. The number of carboxylic acids is 1. The predicted molar refractivity (Wildman–Crippen MR) is 43.9 cm³/mol. The number of carboxylic acid groups (broad SMARTS) is 1. The fraction of sp³-hybridized carbons (Fsp3) is 0.857. The molecule has 0 heterocycles. The van der Waals surface area contributed by atoms with Crippen LogP contribution in [0.25, 0.3) is 10.4 Å². The van der Waals surface area contributed by atoms with E-state index >= 15 is 0 Å². The van der Waals surface area contributed by atoms with Crippen molar-refractivity contribution in [1.82, 2.24) is 0 Å². The van der Waals surface area contributed by atoms with Crippen molar-refractivity contribution in [3.05, 3.63) is 10.4 Å². The molecule has 1 saturated carbocycles. The van der Waals surface area contributed by atoms with Crippen LogP contribution < -0.4 is 0 Å². The Morgan fingerprint density at radius 2 is 2.23 bits per heavy atom. The van der Waals surface area contributed by atoms with Crippen molar-refractivity contribution in [1.29, 1.82) is 0 Å². The van der Waals surface area contributed by atoms with Gasteiger partial charge in [0.2, 0.25) is 0 Å². The van der Waals surface area contributed by atoms with Gasteiger partial charge in [-0.3, -0.25) is 4.79 Å². The van der Waals surface area contributed by atoms with Gasteiger partial charge in [0.05, 0.1) is 18.1 Å². The first-order valence-corrected chi connectivity index (χ1v) is 4.10. The zero-order valence-corrected chi connectivity index (χ0v) is 7.00. The second kappa shape index (κ2) is 4.11. The van der Waals surface area contributed by atoms with E-state index in [0.717, 1.165) is 0 Å². The van der Waals surface area contributed by atoms with Gasteiger partial charge in [0.15, 0.2) is 0 Å². The smallest absolute Gasteiger partial charge is 0.306 e. The standard InChI is InChI=1S/C7H11N3O3/c8-10-9-5-2-1-4(7(12)13)3-6(5)11/h4-6,11H,1-3H2,(H,12,13)/t4-,5-,6-/m1/s1. The van der Waals surface area contributed by atoms with E-state index in [-0.39, 0.29) is 6.42 Å². The number of nitrogens with zero attached hydrogens (tertiary/aromatic N) is 3. The van der Waals surface area contributed by atoms with Crippen molar-refractivity contribution in [2.45, 2.75) is 31.4 Å². The first-order chi connectivity index (χ1) is 6.15. The molecule has 0 bridgehead atoms. The van der Waals surface area contributed by atoms with Crippen LogP contribution in [0.4, 0.5) is 0 Å². The number of hydrogen-bond acceptors (Lipinski definition) is 3. The predicted octanol–water partition coefficient (Wildman–Crippen LogP) is 0.911. The lowest BCUT2D eigenvalue weighted by molar-refractivity contribution is -0.144. The summed E-state index contributed by atoms with van der Waals surface area (Å²) in [6, 6.07) is -0.458. The summed E-state index contributed by atoms with van der Waals surface area (Å²) in [4.78, 5) is 13.1. The van der Waals surface area contributed by atoms with Crippen LogP contribution >= 0.6 is 0 Å². The molecule has 2 N–H and O–H groups in total. The minimum Gasteiger partial charge on any atom is -0.481 e. The molecular weight excluding hydrogens is 174 g/mol. The van der Waals surface area contributed by atoms with E-state index in [0.29, 0.717) is 12.8 Å². The van der Waals surface area contributed by atoms with E-state index in [1.165, 1.54) is 0 Å². The molecule has 0 aromatic rings. The first-order valence-electron chi connectivity index (χ1n) is 4.10. The maximum atomic E-state index is 10.5. The summed E-state index contributed by atoms with van der Waals surface area (Å²) in [6.07, 6.45) is 0.280. The van der Waals surface area contributed by atoms with Gasteiger partial charge in [-0.15, -0.1) is 0 Å². The molecule has 1 aliphatic rings. The molecule has 1 rings (SSSR count). The molecule has 6 heteroatoms. The van der Waals surface area contributed by atoms with Crippen molar-refractivity contribution < 1.29 is 15.0 Å². The topological polar surface area (TPSA) is 106 Å². The zero-order valence-electron chi connectivity index (χ0n) is 7.00. The molecule has 0 saturated heterocycles. The summed E-state index contributed by atoms with van der Waals surface area (Å²) < 4.78 is 0. The summed E-state index contributed by atoms with van der Waals surface area (Å²) in [6.45, 7) is 0. The number of carbonyl (C=O) groups is 1. The number of aliphatic hydroxyl groups is 1. The Bertz CT molecular complexity index is 249. The van der Waals surface area contributed by atoms with Crippen molar-refractivity contribution >= 4 is 5.97 Å². The Kier molecular flexibility index (Phi) is 3.11. The van der Waals surface area contributed by atoms with Gasteiger partial charge in [-0.25, -0.2) is 0 Å². The van der Waals surface area contributed by atoms with Crippen LogP contribution in [0.2, 0.25) is 0 Å². The van der Waals surface area contributed by atoms with E-state index in [4.69, 9.17) is 10.6 Å². The lowest BCUT2D eigenvalue weighted by Gasteiger charge is -2.27. The third-order valence-electron chi connectivity index (χ3n) is 2.33. The van der Waals surface area contributed by atoms with Crippen LogP contribution in [0.5, 0.6) is 0 Å². The summed E-state index contributed by atoms with van der Waals surface area (Å²) in [5.74, 6) is -1.39. The number of azide groups is 1. The quantitative estimate of drug-likeness (QED) is 0.379. The maximum Gasteiger partial charge on any atom is 0.306 e. The first kappa shape index (κ1) is 9.83.